The summed E-state index contributed by atoms with van der Waals surface area (Å²) in [6, 6.07) is 14.8. The molecule has 212 valence electrons. The monoisotopic (exact) mass is 550 g/mol. The number of carbonyl (C=O) groups excluding carboxylic acids is 1. The highest BCUT2D eigenvalue weighted by molar-refractivity contribution is 7.89. The number of sulfonamides is 1. The quantitative estimate of drug-likeness (QED) is 0.277. The van der Waals surface area contributed by atoms with Gasteiger partial charge in [-0.2, -0.15) is 4.72 Å². The maximum atomic E-state index is 13.6. The molecule has 0 spiro atoms. The first kappa shape index (κ1) is 31.6. The van der Waals surface area contributed by atoms with E-state index < -0.39 is 33.5 Å². The van der Waals surface area contributed by atoms with Gasteiger partial charge in [0.2, 0.25) is 10.0 Å². The molecular formula is C28H42N2O7S. The Bertz CT molecular complexity index is 1130. The molecule has 0 aliphatic heterocycles. The number of aliphatic hydroxyl groups excluding tert-OH is 2. The van der Waals surface area contributed by atoms with Crippen molar-refractivity contribution in [1.29, 1.82) is 0 Å². The molecular weight excluding hydrogens is 508 g/mol. The zero-order valence-corrected chi connectivity index (χ0v) is 24.0. The van der Waals surface area contributed by atoms with Gasteiger partial charge in [0.25, 0.3) is 0 Å². The highest BCUT2D eigenvalue weighted by atomic mass is 32.2. The number of amides is 1. The molecule has 0 aromatic heterocycles. The van der Waals surface area contributed by atoms with Crippen LogP contribution in [0.2, 0.25) is 0 Å². The predicted molar refractivity (Wildman–Crippen MR) is 146 cm³/mol. The van der Waals surface area contributed by atoms with E-state index in [4.69, 9.17) is 9.47 Å². The molecule has 4 N–H and O–H groups in total. The van der Waals surface area contributed by atoms with Gasteiger partial charge in [-0.15, -0.1) is 0 Å². The lowest BCUT2D eigenvalue weighted by molar-refractivity contribution is 0.00910. The lowest BCUT2D eigenvalue weighted by Crippen LogP contribution is -2.68. The van der Waals surface area contributed by atoms with E-state index in [0.717, 1.165) is 0 Å². The van der Waals surface area contributed by atoms with E-state index in [-0.39, 0.29) is 29.8 Å². The van der Waals surface area contributed by atoms with Crippen LogP contribution < -0.4 is 14.8 Å². The average molecular weight is 551 g/mol. The van der Waals surface area contributed by atoms with Crippen molar-refractivity contribution < 1.29 is 32.9 Å². The van der Waals surface area contributed by atoms with Gasteiger partial charge < -0.3 is 19.7 Å². The van der Waals surface area contributed by atoms with Crippen molar-refractivity contribution in [3.63, 3.8) is 0 Å². The summed E-state index contributed by atoms with van der Waals surface area (Å²) in [6.45, 7) is 8.98. The van der Waals surface area contributed by atoms with Gasteiger partial charge in [-0.25, -0.2) is 13.2 Å². The first-order valence-corrected chi connectivity index (χ1v) is 14.1. The zero-order chi connectivity index (χ0) is 28.6. The van der Waals surface area contributed by atoms with E-state index in [9.17, 15) is 23.4 Å². The van der Waals surface area contributed by atoms with Crippen molar-refractivity contribution in [3.8, 4) is 5.75 Å². The van der Waals surface area contributed by atoms with E-state index in [1.807, 2.05) is 19.9 Å². The molecule has 2 rings (SSSR count). The SMILES string of the molecule is COc1ccc(S(=O)(=O)NC(Cc2ccccc2)(NC(=O)OC(C)(C)C)C(O)CCC(C)(C)CCO)cc1. The molecule has 2 atom stereocenters. The smallest absolute Gasteiger partial charge is 0.409 e. The molecule has 0 fully saturated rings. The largest absolute Gasteiger partial charge is 0.497 e. The van der Waals surface area contributed by atoms with Crippen molar-refractivity contribution in [2.45, 2.75) is 82.6 Å². The van der Waals surface area contributed by atoms with Crippen LogP contribution in [0.1, 0.15) is 59.4 Å². The van der Waals surface area contributed by atoms with Crippen LogP contribution in [0.4, 0.5) is 4.79 Å². The Hall–Kier alpha value is -2.66. The van der Waals surface area contributed by atoms with Crippen LogP contribution in [-0.2, 0) is 21.2 Å². The van der Waals surface area contributed by atoms with Crippen LogP contribution in [0.3, 0.4) is 0 Å². The predicted octanol–water partition coefficient (Wildman–Crippen LogP) is 3.99. The number of nitrogens with one attached hydrogen (secondary N) is 2. The van der Waals surface area contributed by atoms with Crippen molar-refractivity contribution >= 4 is 16.1 Å². The second-order valence-electron chi connectivity index (χ2n) is 11.2. The third kappa shape index (κ3) is 9.58. The molecule has 38 heavy (non-hydrogen) atoms. The lowest BCUT2D eigenvalue weighted by atomic mass is 9.81. The first-order chi connectivity index (χ1) is 17.6. The highest BCUT2D eigenvalue weighted by Gasteiger charge is 2.44. The fraction of sp³-hybridized carbons (Fsp3) is 0.536. The number of methoxy groups -OCH3 is 1. The normalized spacial score (nSPS) is 14.8. The molecule has 0 bridgehead atoms. The number of hydrogen-bond acceptors (Lipinski definition) is 7. The molecule has 1 amide bonds. The lowest BCUT2D eigenvalue weighted by Gasteiger charge is -2.40. The minimum absolute atomic E-state index is 0.0154. The second kappa shape index (κ2) is 12.9. The third-order valence-electron chi connectivity index (χ3n) is 6.19. The molecule has 0 aliphatic carbocycles. The van der Waals surface area contributed by atoms with Crippen LogP contribution in [0, 0.1) is 5.41 Å². The highest BCUT2D eigenvalue weighted by Crippen LogP contribution is 2.31. The summed E-state index contributed by atoms with van der Waals surface area (Å²) >= 11 is 0. The van der Waals surface area contributed by atoms with Crippen molar-refractivity contribution in [2.24, 2.45) is 5.41 Å². The van der Waals surface area contributed by atoms with Crippen molar-refractivity contribution in [1.82, 2.24) is 10.0 Å². The number of rotatable bonds is 13. The summed E-state index contributed by atoms with van der Waals surface area (Å²) in [6.07, 6.45) is -1.17. The van der Waals surface area contributed by atoms with E-state index in [0.29, 0.717) is 24.2 Å². The van der Waals surface area contributed by atoms with Crippen molar-refractivity contribution in [3.05, 3.63) is 60.2 Å². The fourth-order valence-corrected chi connectivity index (χ4v) is 5.38. The Morgan fingerprint density at radius 3 is 2.11 bits per heavy atom. The van der Waals surface area contributed by atoms with Gasteiger partial charge >= 0.3 is 6.09 Å². The molecule has 0 saturated carbocycles. The van der Waals surface area contributed by atoms with Gasteiger partial charge in [0, 0.05) is 13.0 Å². The minimum atomic E-state index is -4.24. The van der Waals surface area contributed by atoms with E-state index in [1.54, 1.807) is 45.0 Å². The van der Waals surface area contributed by atoms with Gasteiger partial charge in [0.05, 0.1) is 18.1 Å². The fourth-order valence-electron chi connectivity index (χ4n) is 4.03. The maximum Gasteiger partial charge on any atom is 0.409 e. The van der Waals surface area contributed by atoms with Gasteiger partial charge in [-0.3, -0.25) is 5.32 Å². The molecule has 0 heterocycles. The summed E-state index contributed by atoms with van der Waals surface area (Å²) < 4.78 is 40.5. The van der Waals surface area contributed by atoms with Crippen LogP contribution in [-0.4, -0.2) is 55.8 Å². The Labute approximate surface area is 226 Å². The summed E-state index contributed by atoms with van der Waals surface area (Å²) in [4.78, 5) is 13.0. The third-order valence-corrected chi connectivity index (χ3v) is 7.71. The molecule has 0 aliphatic rings. The number of carbonyl (C=O) groups is 1. The average Bonchev–Trinajstić information content (AvgIpc) is 2.81. The zero-order valence-electron chi connectivity index (χ0n) is 23.2. The van der Waals surface area contributed by atoms with Crippen LogP contribution in [0.15, 0.2) is 59.5 Å². The summed E-state index contributed by atoms with van der Waals surface area (Å²) in [5, 5.41) is 23.7. The van der Waals surface area contributed by atoms with Gasteiger partial charge in [0.1, 0.15) is 17.0 Å². The summed E-state index contributed by atoms with van der Waals surface area (Å²) in [5.41, 5.74) is -2.34. The topological polar surface area (TPSA) is 134 Å². The molecule has 10 heteroatoms. The Morgan fingerprint density at radius 2 is 1.58 bits per heavy atom. The Kier molecular flexibility index (Phi) is 10.7. The number of benzene rings is 2. The Morgan fingerprint density at radius 1 is 0.974 bits per heavy atom. The standard InChI is InChI=1S/C28H42N2O7S/c1-26(2,3)37-25(33)29-28(20-21-10-8-7-9-11-21,24(32)16-17-27(4,5)18-19-31)30-38(34,35)23-14-12-22(36-6)13-15-23/h7-15,24,30-32H,16-20H2,1-6H3,(H,29,33). The van der Waals surface area contributed by atoms with Gasteiger partial charge in [-0.1, -0.05) is 44.2 Å². The first-order valence-electron chi connectivity index (χ1n) is 12.6. The number of ether oxygens (including phenoxy) is 2. The van der Waals surface area contributed by atoms with Crippen LogP contribution in [0.5, 0.6) is 5.75 Å². The molecule has 2 unspecified atom stereocenters. The number of alkyl carbamates (subject to hydrolysis) is 1. The Balaban J connectivity index is 2.57. The number of hydrogen-bond donors (Lipinski definition) is 4. The molecule has 0 radical (unpaired) electrons. The van der Waals surface area contributed by atoms with Crippen LogP contribution >= 0.6 is 0 Å². The van der Waals surface area contributed by atoms with E-state index in [2.05, 4.69) is 10.0 Å². The number of aliphatic hydroxyl groups is 2. The van der Waals surface area contributed by atoms with Gasteiger partial charge in [-0.05, 0) is 75.3 Å². The van der Waals surface area contributed by atoms with E-state index in [1.165, 1.54) is 31.4 Å². The van der Waals surface area contributed by atoms with Gasteiger partial charge in [0.15, 0.2) is 0 Å². The molecule has 0 saturated heterocycles. The van der Waals surface area contributed by atoms with Crippen LogP contribution in [0.25, 0.3) is 0 Å². The minimum Gasteiger partial charge on any atom is -0.497 e. The summed E-state index contributed by atoms with van der Waals surface area (Å²) in [5.74, 6) is 0.484. The van der Waals surface area contributed by atoms with Crippen molar-refractivity contribution in [2.75, 3.05) is 13.7 Å². The molecule has 9 nitrogen and oxygen atoms in total. The second-order valence-corrected chi connectivity index (χ2v) is 12.9. The summed E-state index contributed by atoms with van der Waals surface area (Å²) in [7, 11) is -2.76. The molecule has 2 aromatic carbocycles. The maximum absolute atomic E-state index is 13.6. The van der Waals surface area contributed by atoms with E-state index >= 15 is 0 Å². The molecule has 2 aromatic rings.